The number of rotatable bonds is 1. The van der Waals surface area contributed by atoms with E-state index in [1.54, 1.807) is 6.92 Å². The second kappa shape index (κ2) is 3.21. The average Bonchev–Trinajstić information content (AvgIpc) is 1.68. The average molecular weight is 97.1 g/mol. The van der Waals surface area contributed by atoms with Gasteiger partial charge in [-0.15, -0.1) is 0 Å². The maximum atomic E-state index is 6.70. The molecule has 0 fully saturated rings. The lowest BCUT2D eigenvalue weighted by Crippen LogP contribution is -1.89. The van der Waals surface area contributed by atoms with Crippen LogP contribution < -0.4 is 0 Å². The molecular formula is C4H7N3. The van der Waals surface area contributed by atoms with Crippen molar-refractivity contribution in [1.82, 2.24) is 0 Å². The number of nitrogens with one attached hydrogen (secondary N) is 2. The van der Waals surface area contributed by atoms with Gasteiger partial charge in [0.05, 0.1) is 6.21 Å². The summed E-state index contributed by atoms with van der Waals surface area (Å²) in [6, 6.07) is 0. The van der Waals surface area contributed by atoms with Gasteiger partial charge in [-0.05, 0) is 6.92 Å². The Morgan fingerprint density at radius 3 is 2.43 bits per heavy atom. The number of hydrogen-bond acceptors (Lipinski definition) is 2. The summed E-state index contributed by atoms with van der Waals surface area (Å²) in [7, 11) is 0. The van der Waals surface area contributed by atoms with Crippen LogP contribution in [-0.4, -0.2) is 18.3 Å². The molecule has 0 radical (unpaired) electrons. The van der Waals surface area contributed by atoms with Crippen molar-refractivity contribution in [3.8, 4) is 0 Å². The lowest BCUT2D eigenvalue weighted by Gasteiger charge is -1.76. The van der Waals surface area contributed by atoms with Crippen molar-refractivity contribution in [3.05, 3.63) is 0 Å². The summed E-state index contributed by atoms with van der Waals surface area (Å²) in [6.07, 6.45) is 2.37. The lowest BCUT2D eigenvalue weighted by molar-refractivity contribution is 1.46. The van der Waals surface area contributed by atoms with E-state index in [2.05, 4.69) is 4.99 Å². The van der Waals surface area contributed by atoms with Gasteiger partial charge in [-0.1, -0.05) is 0 Å². The summed E-state index contributed by atoms with van der Waals surface area (Å²) < 4.78 is 0. The summed E-state index contributed by atoms with van der Waals surface area (Å²) >= 11 is 0. The molecule has 0 bridgehead atoms. The predicted octanol–water partition coefficient (Wildman–Crippen LogP) is 0.704. The van der Waals surface area contributed by atoms with Crippen LogP contribution in [0.5, 0.6) is 0 Å². The van der Waals surface area contributed by atoms with Crippen molar-refractivity contribution in [2.24, 2.45) is 4.99 Å². The molecule has 3 heteroatoms. The first-order valence-electron chi connectivity index (χ1n) is 1.89. The van der Waals surface area contributed by atoms with Crippen molar-refractivity contribution in [2.75, 3.05) is 0 Å². The standard InChI is InChI=1S/C4H7N3/c1-2-7-4(6)3-5/h2-3,5-6H,1H3. The van der Waals surface area contributed by atoms with Crippen LogP contribution in [0.2, 0.25) is 0 Å². The van der Waals surface area contributed by atoms with Crippen LogP contribution in [0.25, 0.3) is 0 Å². The molecule has 0 atom stereocenters. The molecular weight excluding hydrogens is 90.1 g/mol. The van der Waals surface area contributed by atoms with Gasteiger partial charge in [0.25, 0.3) is 0 Å². The van der Waals surface area contributed by atoms with Gasteiger partial charge in [-0.3, -0.25) is 5.41 Å². The van der Waals surface area contributed by atoms with Gasteiger partial charge >= 0.3 is 0 Å². The topological polar surface area (TPSA) is 60.1 Å². The second-order valence-corrected chi connectivity index (χ2v) is 0.917. The minimum absolute atomic E-state index is 0.0116. The third kappa shape index (κ3) is 2.82. The van der Waals surface area contributed by atoms with E-state index in [1.165, 1.54) is 6.21 Å². The SMILES string of the molecule is CC=NC(=N)C=N. The highest BCUT2D eigenvalue weighted by Gasteiger charge is 1.75. The Kier molecular flexibility index (Phi) is 2.76. The molecule has 0 aromatic rings. The fourth-order valence-electron chi connectivity index (χ4n) is 0.176. The minimum atomic E-state index is -0.0116. The van der Waals surface area contributed by atoms with Crippen LogP contribution in [0.1, 0.15) is 6.92 Å². The fourth-order valence-corrected chi connectivity index (χ4v) is 0.176. The molecule has 0 saturated carbocycles. The fraction of sp³-hybridized carbons (Fsp3) is 0.250. The van der Waals surface area contributed by atoms with Gasteiger partial charge in [0.15, 0.2) is 5.84 Å². The molecule has 0 rings (SSSR count). The molecule has 0 aromatic carbocycles. The highest BCUT2D eigenvalue weighted by atomic mass is 14.8. The highest BCUT2D eigenvalue weighted by molar-refractivity contribution is 6.28. The maximum absolute atomic E-state index is 6.70. The van der Waals surface area contributed by atoms with Crippen molar-refractivity contribution in [3.63, 3.8) is 0 Å². The molecule has 0 amide bonds. The highest BCUT2D eigenvalue weighted by Crippen LogP contribution is 1.63. The minimum Gasteiger partial charge on any atom is -0.305 e. The van der Waals surface area contributed by atoms with Crippen LogP contribution in [-0.2, 0) is 0 Å². The predicted molar refractivity (Wildman–Crippen MR) is 30.7 cm³/mol. The Hall–Kier alpha value is -0.990. The lowest BCUT2D eigenvalue weighted by atomic mass is 10.6. The molecule has 2 N–H and O–H groups in total. The summed E-state index contributed by atoms with van der Waals surface area (Å²) in [4.78, 5) is 3.46. The molecule has 3 nitrogen and oxygen atoms in total. The molecule has 0 aliphatic heterocycles. The van der Waals surface area contributed by atoms with E-state index in [-0.39, 0.29) is 5.84 Å². The Morgan fingerprint density at radius 2 is 2.29 bits per heavy atom. The quantitative estimate of drug-likeness (QED) is 0.357. The van der Waals surface area contributed by atoms with E-state index in [9.17, 15) is 0 Å². The molecule has 38 valence electrons. The van der Waals surface area contributed by atoms with Gasteiger partial charge in [-0.25, -0.2) is 4.99 Å². The van der Waals surface area contributed by atoms with Crippen LogP contribution >= 0.6 is 0 Å². The van der Waals surface area contributed by atoms with E-state index in [4.69, 9.17) is 10.8 Å². The van der Waals surface area contributed by atoms with E-state index in [0.29, 0.717) is 0 Å². The summed E-state index contributed by atoms with van der Waals surface area (Å²) in [6.45, 7) is 1.71. The van der Waals surface area contributed by atoms with Crippen molar-refractivity contribution < 1.29 is 0 Å². The molecule has 7 heavy (non-hydrogen) atoms. The molecule has 0 unspecified atom stereocenters. The first kappa shape index (κ1) is 6.01. The molecule has 0 aliphatic rings. The van der Waals surface area contributed by atoms with Crippen LogP contribution in [0.4, 0.5) is 0 Å². The van der Waals surface area contributed by atoms with E-state index in [1.807, 2.05) is 0 Å². The maximum Gasteiger partial charge on any atom is 0.161 e. The third-order valence-electron chi connectivity index (χ3n) is 0.405. The van der Waals surface area contributed by atoms with Gasteiger partial charge in [0.1, 0.15) is 0 Å². The Bertz CT molecular complexity index is 104. The van der Waals surface area contributed by atoms with Crippen LogP contribution in [0, 0.1) is 10.8 Å². The van der Waals surface area contributed by atoms with E-state index < -0.39 is 0 Å². The zero-order valence-corrected chi connectivity index (χ0v) is 4.10. The Balaban J connectivity index is 3.58. The molecule has 0 heterocycles. The smallest absolute Gasteiger partial charge is 0.161 e. The van der Waals surface area contributed by atoms with E-state index >= 15 is 0 Å². The van der Waals surface area contributed by atoms with Gasteiger partial charge in [0, 0.05) is 6.21 Å². The Morgan fingerprint density at radius 1 is 1.71 bits per heavy atom. The molecule has 0 spiro atoms. The van der Waals surface area contributed by atoms with Crippen LogP contribution in [0.15, 0.2) is 4.99 Å². The van der Waals surface area contributed by atoms with Crippen molar-refractivity contribution in [2.45, 2.75) is 6.92 Å². The van der Waals surface area contributed by atoms with E-state index in [0.717, 1.165) is 6.21 Å². The number of aliphatic imine (C=N–C) groups is 1. The second-order valence-electron chi connectivity index (χ2n) is 0.917. The van der Waals surface area contributed by atoms with Crippen LogP contribution in [0.3, 0.4) is 0 Å². The summed E-state index contributed by atoms with van der Waals surface area (Å²) in [5.74, 6) is -0.0116. The normalized spacial score (nSPS) is 9.29. The van der Waals surface area contributed by atoms with Gasteiger partial charge in [-0.2, -0.15) is 0 Å². The summed E-state index contributed by atoms with van der Waals surface area (Å²) in [5, 5.41) is 13.1. The Labute approximate surface area is 42.1 Å². The molecule has 0 aromatic heterocycles. The molecule has 0 saturated heterocycles. The van der Waals surface area contributed by atoms with Crippen molar-refractivity contribution in [1.29, 1.82) is 10.8 Å². The monoisotopic (exact) mass is 97.1 g/mol. The first-order valence-corrected chi connectivity index (χ1v) is 1.89. The largest absolute Gasteiger partial charge is 0.305 e. The zero-order valence-electron chi connectivity index (χ0n) is 4.10. The number of nitrogens with zero attached hydrogens (tertiary/aromatic N) is 1. The number of amidine groups is 1. The molecule has 0 aliphatic carbocycles. The zero-order chi connectivity index (χ0) is 5.70. The number of hydrogen-bond donors (Lipinski definition) is 2. The first-order chi connectivity index (χ1) is 3.31. The summed E-state index contributed by atoms with van der Waals surface area (Å²) in [5.41, 5.74) is 0. The third-order valence-corrected chi connectivity index (χ3v) is 0.405. The van der Waals surface area contributed by atoms with Gasteiger partial charge < -0.3 is 5.41 Å². The van der Waals surface area contributed by atoms with Gasteiger partial charge in [0.2, 0.25) is 0 Å². The van der Waals surface area contributed by atoms with Crippen molar-refractivity contribution >= 4 is 18.3 Å².